The first-order valence-electron chi connectivity index (χ1n) is 11.4. The molecule has 0 aliphatic carbocycles. The number of non-ortho nitro benzene ring substituents is 1. The second-order valence-electron chi connectivity index (χ2n) is 8.12. The normalized spacial score (nSPS) is 13.6. The number of hydrogen-bond donors (Lipinski definition) is 2. The molecule has 10 heteroatoms. The van der Waals surface area contributed by atoms with Crippen LogP contribution in [0.2, 0.25) is 0 Å². The zero-order chi connectivity index (χ0) is 24.5. The molecule has 34 heavy (non-hydrogen) atoms. The molecule has 3 rings (SSSR count). The number of benzene rings is 2. The van der Waals surface area contributed by atoms with Crippen LogP contribution in [-0.4, -0.2) is 67.6 Å². The number of carbonyl (C=O) groups excluding carboxylic acids is 2. The van der Waals surface area contributed by atoms with Crippen LogP contribution in [0.1, 0.15) is 18.9 Å². The number of amides is 2. The van der Waals surface area contributed by atoms with Crippen LogP contribution in [0.15, 0.2) is 42.5 Å². The number of likely N-dealkylation sites (N-methyl/N-ethyl adjacent to an activating group) is 1. The van der Waals surface area contributed by atoms with Gasteiger partial charge in [-0.3, -0.25) is 24.6 Å². The standard InChI is InChI=1S/C24H31N5O5/c1-3-27(11-10-23(30)26-22-16-21(29(32)33)7-4-18(22)2)17-24(31)25-19-5-8-20(9-6-19)28-12-14-34-15-13-28/h4-9,16H,3,10-15,17H2,1-2H3,(H,25,31)(H,26,30). The lowest BCUT2D eigenvalue weighted by atomic mass is 10.1. The summed E-state index contributed by atoms with van der Waals surface area (Å²) in [5, 5.41) is 16.6. The van der Waals surface area contributed by atoms with Gasteiger partial charge in [-0.15, -0.1) is 0 Å². The summed E-state index contributed by atoms with van der Waals surface area (Å²) in [7, 11) is 0. The van der Waals surface area contributed by atoms with Gasteiger partial charge in [0.15, 0.2) is 0 Å². The monoisotopic (exact) mass is 469 g/mol. The van der Waals surface area contributed by atoms with E-state index in [1.54, 1.807) is 13.0 Å². The van der Waals surface area contributed by atoms with E-state index in [0.29, 0.717) is 32.0 Å². The third-order valence-corrected chi connectivity index (χ3v) is 5.70. The molecule has 2 aromatic rings. The molecule has 182 valence electrons. The molecular formula is C24H31N5O5. The van der Waals surface area contributed by atoms with Gasteiger partial charge < -0.3 is 20.3 Å². The highest BCUT2D eigenvalue weighted by molar-refractivity contribution is 5.93. The van der Waals surface area contributed by atoms with E-state index in [0.717, 1.165) is 30.0 Å². The first kappa shape index (κ1) is 25.1. The predicted octanol–water partition coefficient (Wildman–Crippen LogP) is 3.03. The number of hydrogen-bond acceptors (Lipinski definition) is 7. The summed E-state index contributed by atoms with van der Waals surface area (Å²) in [4.78, 5) is 39.5. The Labute approximate surface area is 199 Å². The van der Waals surface area contributed by atoms with Gasteiger partial charge in [-0.05, 0) is 43.3 Å². The number of ether oxygens (including phenoxy) is 1. The van der Waals surface area contributed by atoms with Crippen LogP contribution in [0.5, 0.6) is 0 Å². The number of rotatable bonds is 10. The van der Waals surface area contributed by atoms with Gasteiger partial charge in [-0.2, -0.15) is 0 Å². The SMILES string of the molecule is CCN(CCC(=O)Nc1cc([N+](=O)[O-])ccc1C)CC(=O)Nc1ccc(N2CCOCC2)cc1. The van der Waals surface area contributed by atoms with Crippen molar-refractivity contribution in [1.82, 2.24) is 4.90 Å². The predicted molar refractivity (Wildman–Crippen MR) is 131 cm³/mol. The minimum absolute atomic E-state index is 0.0780. The lowest BCUT2D eigenvalue weighted by molar-refractivity contribution is -0.384. The van der Waals surface area contributed by atoms with E-state index in [4.69, 9.17) is 4.74 Å². The van der Waals surface area contributed by atoms with Gasteiger partial charge >= 0.3 is 0 Å². The quantitative estimate of drug-likeness (QED) is 0.406. The molecule has 0 spiro atoms. The van der Waals surface area contributed by atoms with Crippen molar-refractivity contribution < 1.29 is 19.2 Å². The van der Waals surface area contributed by atoms with Gasteiger partial charge in [0.25, 0.3) is 5.69 Å². The van der Waals surface area contributed by atoms with Crippen molar-refractivity contribution in [2.75, 3.05) is 61.5 Å². The molecule has 2 amide bonds. The molecule has 2 aromatic carbocycles. The Kier molecular flexibility index (Phi) is 8.94. The maximum atomic E-state index is 12.5. The fourth-order valence-electron chi connectivity index (χ4n) is 3.66. The van der Waals surface area contributed by atoms with Crippen LogP contribution < -0.4 is 15.5 Å². The zero-order valence-corrected chi connectivity index (χ0v) is 19.6. The highest BCUT2D eigenvalue weighted by atomic mass is 16.6. The molecule has 2 N–H and O–H groups in total. The summed E-state index contributed by atoms with van der Waals surface area (Å²) < 4.78 is 5.37. The summed E-state index contributed by atoms with van der Waals surface area (Å²) in [6.45, 7) is 7.99. The van der Waals surface area contributed by atoms with Crippen molar-refractivity contribution in [3.05, 3.63) is 58.1 Å². The number of anilines is 3. The number of morpholine rings is 1. The van der Waals surface area contributed by atoms with Crippen molar-refractivity contribution >= 4 is 34.6 Å². The third kappa shape index (κ3) is 7.26. The molecule has 1 saturated heterocycles. The van der Waals surface area contributed by atoms with E-state index in [2.05, 4.69) is 15.5 Å². The third-order valence-electron chi connectivity index (χ3n) is 5.70. The number of nitrogens with one attached hydrogen (secondary N) is 2. The Morgan fingerprint density at radius 3 is 2.44 bits per heavy atom. The summed E-state index contributed by atoms with van der Waals surface area (Å²) in [5.74, 6) is -0.419. The lowest BCUT2D eigenvalue weighted by Crippen LogP contribution is -2.36. The second-order valence-corrected chi connectivity index (χ2v) is 8.12. The Balaban J connectivity index is 1.46. The topological polar surface area (TPSA) is 117 Å². The summed E-state index contributed by atoms with van der Waals surface area (Å²) in [6, 6.07) is 12.1. The minimum atomic E-state index is -0.497. The van der Waals surface area contributed by atoms with E-state index in [9.17, 15) is 19.7 Å². The smallest absolute Gasteiger partial charge is 0.271 e. The van der Waals surface area contributed by atoms with E-state index in [-0.39, 0.29) is 30.5 Å². The Morgan fingerprint density at radius 2 is 1.79 bits per heavy atom. The first-order valence-corrected chi connectivity index (χ1v) is 11.4. The second kappa shape index (κ2) is 12.1. The largest absolute Gasteiger partial charge is 0.378 e. The van der Waals surface area contributed by atoms with Crippen molar-refractivity contribution in [1.29, 1.82) is 0 Å². The van der Waals surface area contributed by atoms with E-state index >= 15 is 0 Å². The molecule has 1 heterocycles. The average molecular weight is 470 g/mol. The Morgan fingerprint density at radius 1 is 1.09 bits per heavy atom. The summed E-state index contributed by atoms with van der Waals surface area (Å²) in [5.41, 5.74) is 2.90. The molecule has 1 aliphatic heterocycles. The zero-order valence-electron chi connectivity index (χ0n) is 19.6. The molecule has 0 unspecified atom stereocenters. The fourth-order valence-corrected chi connectivity index (χ4v) is 3.66. The van der Waals surface area contributed by atoms with Crippen molar-refractivity contribution in [2.24, 2.45) is 0 Å². The number of nitrogens with zero attached hydrogens (tertiary/aromatic N) is 3. The van der Waals surface area contributed by atoms with Gasteiger partial charge in [-0.25, -0.2) is 0 Å². The lowest BCUT2D eigenvalue weighted by Gasteiger charge is -2.29. The summed E-state index contributed by atoms with van der Waals surface area (Å²) in [6.07, 6.45) is 0.164. The van der Waals surface area contributed by atoms with Crippen LogP contribution in [0, 0.1) is 17.0 Å². The number of carbonyl (C=O) groups is 2. The molecule has 1 aliphatic rings. The minimum Gasteiger partial charge on any atom is -0.378 e. The van der Waals surface area contributed by atoms with Gasteiger partial charge in [0.1, 0.15) is 0 Å². The molecule has 0 atom stereocenters. The highest BCUT2D eigenvalue weighted by Crippen LogP contribution is 2.22. The molecule has 1 fully saturated rings. The van der Waals surface area contributed by atoms with Crippen LogP contribution in [0.25, 0.3) is 0 Å². The van der Waals surface area contributed by atoms with Crippen molar-refractivity contribution in [3.63, 3.8) is 0 Å². The number of nitro groups is 1. The Hall–Kier alpha value is -3.50. The van der Waals surface area contributed by atoms with Crippen LogP contribution in [0.3, 0.4) is 0 Å². The maximum absolute atomic E-state index is 12.5. The van der Waals surface area contributed by atoms with Crippen LogP contribution in [0.4, 0.5) is 22.7 Å². The van der Waals surface area contributed by atoms with Crippen LogP contribution >= 0.6 is 0 Å². The van der Waals surface area contributed by atoms with E-state index in [1.165, 1.54) is 12.1 Å². The summed E-state index contributed by atoms with van der Waals surface area (Å²) >= 11 is 0. The van der Waals surface area contributed by atoms with Gasteiger partial charge in [-0.1, -0.05) is 13.0 Å². The van der Waals surface area contributed by atoms with Gasteiger partial charge in [0.2, 0.25) is 11.8 Å². The van der Waals surface area contributed by atoms with Crippen LogP contribution in [-0.2, 0) is 14.3 Å². The number of nitro benzene ring substituents is 1. The van der Waals surface area contributed by atoms with Crippen molar-refractivity contribution in [3.8, 4) is 0 Å². The fraction of sp³-hybridized carbons (Fsp3) is 0.417. The van der Waals surface area contributed by atoms with Gasteiger partial charge in [0.05, 0.1) is 30.4 Å². The van der Waals surface area contributed by atoms with E-state index < -0.39 is 4.92 Å². The molecule has 10 nitrogen and oxygen atoms in total. The first-order chi connectivity index (χ1) is 16.4. The Bertz CT molecular complexity index is 1010. The number of aryl methyl sites for hydroxylation is 1. The molecule has 0 saturated carbocycles. The highest BCUT2D eigenvalue weighted by Gasteiger charge is 2.15. The average Bonchev–Trinajstić information content (AvgIpc) is 2.84. The van der Waals surface area contributed by atoms with Gasteiger partial charge in [0, 0.05) is 49.6 Å². The molecular weight excluding hydrogens is 438 g/mol. The molecule has 0 aromatic heterocycles. The maximum Gasteiger partial charge on any atom is 0.271 e. The van der Waals surface area contributed by atoms with Crippen molar-refractivity contribution in [2.45, 2.75) is 20.3 Å². The molecule has 0 bridgehead atoms. The van der Waals surface area contributed by atoms with E-state index in [1.807, 2.05) is 36.1 Å². The molecule has 0 radical (unpaired) electrons.